The molecule has 17 heavy (non-hydrogen) atoms. The molecule has 2 rings (SSSR count). The first kappa shape index (κ1) is 11.5. The topological polar surface area (TPSA) is 35.2 Å². The molecule has 3 heteroatoms. The minimum Gasteiger partial charge on any atom is -0.494 e. The predicted molar refractivity (Wildman–Crippen MR) is 66.6 cm³/mol. The summed E-state index contributed by atoms with van der Waals surface area (Å²) in [5.41, 5.74) is 8.37. The first-order chi connectivity index (χ1) is 8.19. The van der Waals surface area contributed by atoms with Crippen molar-refractivity contribution in [3.8, 4) is 5.75 Å². The van der Waals surface area contributed by atoms with E-state index in [1.807, 2.05) is 30.3 Å². The second-order valence-electron chi connectivity index (χ2n) is 3.89. The van der Waals surface area contributed by atoms with Crippen LogP contribution in [-0.4, -0.2) is 7.11 Å². The monoisotopic (exact) mass is 231 g/mol. The van der Waals surface area contributed by atoms with Crippen LogP contribution < -0.4 is 10.5 Å². The molecule has 2 aromatic carbocycles. The summed E-state index contributed by atoms with van der Waals surface area (Å²) in [5, 5.41) is 0. The maximum absolute atomic E-state index is 13.5. The molecule has 0 unspecified atom stereocenters. The van der Waals surface area contributed by atoms with E-state index in [1.165, 1.54) is 13.2 Å². The molecule has 0 fully saturated rings. The summed E-state index contributed by atoms with van der Waals surface area (Å²) in [6.45, 7) is 0. The Balaban J connectivity index is 2.22. The van der Waals surface area contributed by atoms with Gasteiger partial charge in [0.2, 0.25) is 0 Å². The molecule has 0 aromatic heterocycles. The van der Waals surface area contributed by atoms with Crippen molar-refractivity contribution < 1.29 is 9.13 Å². The van der Waals surface area contributed by atoms with Crippen molar-refractivity contribution in [3.63, 3.8) is 0 Å². The molecule has 88 valence electrons. The Bertz CT molecular complexity index is 525. The van der Waals surface area contributed by atoms with Crippen molar-refractivity contribution in [1.82, 2.24) is 0 Å². The Kier molecular flexibility index (Phi) is 3.28. The lowest BCUT2D eigenvalue weighted by Crippen LogP contribution is -1.93. The van der Waals surface area contributed by atoms with E-state index in [0.717, 1.165) is 16.8 Å². The average Bonchev–Trinajstić information content (AvgIpc) is 2.29. The van der Waals surface area contributed by atoms with E-state index in [4.69, 9.17) is 10.5 Å². The Morgan fingerprint density at radius 1 is 1.12 bits per heavy atom. The molecular weight excluding hydrogens is 217 g/mol. The Morgan fingerprint density at radius 2 is 1.88 bits per heavy atom. The maximum atomic E-state index is 13.5. The minimum atomic E-state index is -0.339. The van der Waals surface area contributed by atoms with E-state index in [9.17, 15) is 4.39 Å². The number of anilines is 1. The van der Waals surface area contributed by atoms with Gasteiger partial charge in [0, 0.05) is 5.69 Å². The third kappa shape index (κ3) is 2.75. The lowest BCUT2D eigenvalue weighted by molar-refractivity contribution is 0.386. The number of nitrogen functional groups attached to an aromatic ring is 1. The van der Waals surface area contributed by atoms with Crippen molar-refractivity contribution in [2.24, 2.45) is 0 Å². The first-order valence-corrected chi connectivity index (χ1v) is 5.36. The van der Waals surface area contributed by atoms with Gasteiger partial charge in [0.05, 0.1) is 7.11 Å². The van der Waals surface area contributed by atoms with E-state index >= 15 is 0 Å². The average molecular weight is 231 g/mol. The number of ether oxygens (including phenoxy) is 1. The summed E-state index contributed by atoms with van der Waals surface area (Å²) < 4.78 is 18.4. The van der Waals surface area contributed by atoms with Gasteiger partial charge in [0.15, 0.2) is 11.6 Å². The van der Waals surface area contributed by atoms with Crippen molar-refractivity contribution in [2.75, 3.05) is 12.8 Å². The zero-order valence-corrected chi connectivity index (χ0v) is 9.61. The van der Waals surface area contributed by atoms with Crippen LogP contribution in [0.15, 0.2) is 42.5 Å². The molecule has 0 aliphatic carbocycles. The van der Waals surface area contributed by atoms with Crippen LogP contribution in [0.25, 0.3) is 0 Å². The Labute approximate surface area is 99.8 Å². The lowest BCUT2D eigenvalue weighted by Gasteiger charge is -2.06. The number of halogens is 1. The smallest absolute Gasteiger partial charge is 0.165 e. The molecule has 0 atom stereocenters. The molecule has 2 N–H and O–H groups in total. The van der Waals surface area contributed by atoms with Crippen LogP contribution in [0.2, 0.25) is 0 Å². The summed E-state index contributed by atoms with van der Waals surface area (Å²) in [4.78, 5) is 0. The molecule has 0 radical (unpaired) electrons. The number of hydrogen-bond acceptors (Lipinski definition) is 2. The quantitative estimate of drug-likeness (QED) is 0.824. The Hall–Kier alpha value is -2.03. The molecule has 0 bridgehead atoms. The third-order valence-corrected chi connectivity index (χ3v) is 2.58. The molecule has 0 saturated heterocycles. The van der Waals surface area contributed by atoms with Crippen LogP contribution in [0.4, 0.5) is 10.1 Å². The van der Waals surface area contributed by atoms with Crippen LogP contribution in [0.1, 0.15) is 11.1 Å². The van der Waals surface area contributed by atoms with Gasteiger partial charge < -0.3 is 10.5 Å². The van der Waals surface area contributed by atoms with Crippen LogP contribution >= 0.6 is 0 Å². The summed E-state index contributed by atoms with van der Waals surface area (Å²) in [7, 11) is 1.45. The number of methoxy groups -OCH3 is 1. The second kappa shape index (κ2) is 4.87. The van der Waals surface area contributed by atoms with Crippen molar-refractivity contribution >= 4 is 5.69 Å². The van der Waals surface area contributed by atoms with Gasteiger partial charge in [-0.15, -0.1) is 0 Å². The minimum absolute atomic E-state index is 0.265. The highest BCUT2D eigenvalue weighted by Gasteiger charge is 2.04. The second-order valence-corrected chi connectivity index (χ2v) is 3.89. The van der Waals surface area contributed by atoms with Gasteiger partial charge in [-0.25, -0.2) is 4.39 Å². The third-order valence-electron chi connectivity index (χ3n) is 2.58. The highest BCUT2D eigenvalue weighted by Crippen LogP contribution is 2.20. The standard InChI is InChI=1S/C14H14FNO/c1-17-14-6-5-11(9-13(14)15)7-10-3-2-4-12(16)8-10/h2-6,8-9H,7,16H2,1H3. The zero-order valence-electron chi connectivity index (χ0n) is 9.61. The van der Waals surface area contributed by atoms with Crippen LogP contribution in [0, 0.1) is 5.82 Å². The van der Waals surface area contributed by atoms with Crippen molar-refractivity contribution in [3.05, 3.63) is 59.4 Å². The normalized spacial score (nSPS) is 10.2. The molecular formula is C14H14FNO. The van der Waals surface area contributed by atoms with E-state index in [0.29, 0.717) is 6.42 Å². The summed E-state index contributed by atoms with van der Waals surface area (Å²) in [5.74, 6) is -0.0739. The number of rotatable bonds is 3. The molecule has 0 spiro atoms. The molecule has 0 saturated carbocycles. The van der Waals surface area contributed by atoms with E-state index in [2.05, 4.69) is 0 Å². The van der Waals surface area contributed by atoms with Gasteiger partial charge in [-0.05, 0) is 41.8 Å². The highest BCUT2D eigenvalue weighted by molar-refractivity contribution is 5.42. The molecule has 2 nitrogen and oxygen atoms in total. The predicted octanol–water partition coefficient (Wildman–Crippen LogP) is 3.01. The van der Waals surface area contributed by atoms with E-state index in [-0.39, 0.29) is 11.6 Å². The fourth-order valence-electron chi connectivity index (χ4n) is 1.76. The van der Waals surface area contributed by atoms with Crippen molar-refractivity contribution in [2.45, 2.75) is 6.42 Å². The maximum Gasteiger partial charge on any atom is 0.165 e. The number of hydrogen-bond donors (Lipinski definition) is 1. The van der Waals surface area contributed by atoms with Crippen molar-refractivity contribution in [1.29, 1.82) is 0 Å². The SMILES string of the molecule is COc1ccc(Cc2cccc(N)c2)cc1F. The van der Waals surface area contributed by atoms with Crippen LogP contribution in [-0.2, 0) is 6.42 Å². The van der Waals surface area contributed by atoms with Gasteiger partial charge in [0.25, 0.3) is 0 Å². The van der Waals surface area contributed by atoms with Gasteiger partial charge in [-0.1, -0.05) is 18.2 Å². The van der Waals surface area contributed by atoms with Crippen LogP contribution in [0.3, 0.4) is 0 Å². The molecule has 2 aromatic rings. The summed E-state index contributed by atoms with van der Waals surface area (Å²) in [6, 6.07) is 12.6. The zero-order chi connectivity index (χ0) is 12.3. The van der Waals surface area contributed by atoms with E-state index in [1.54, 1.807) is 6.07 Å². The van der Waals surface area contributed by atoms with Crippen LogP contribution in [0.5, 0.6) is 5.75 Å². The van der Waals surface area contributed by atoms with Gasteiger partial charge in [-0.3, -0.25) is 0 Å². The highest BCUT2D eigenvalue weighted by atomic mass is 19.1. The fourth-order valence-corrected chi connectivity index (χ4v) is 1.76. The van der Waals surface area contributed by atoms with Gasteiger partial charge in [-0.2, -0.15) is 0 Å². The summed E-state index contributed by atoms with van der Waals surface area (Å²) in [6.07, 6.45) is 0.659. The van der Waals surface area contributed by atoms with Gasteiger partial charge >= 0.3 is 0 Å². The summed E-state index contributed by atoms with van der Waals surface area (Å²) >= 11 is 0. The molecule has 0 amide bonds. The molecule has 0 aliphatic rings. The largest absolute Gasteiger partial charge is 0.494 e. The fraction of sp³-hybridized carbons (Fsp3) is 0.143. The van der Waals surface area contributed by atoms with E-state index < -0.39 is 0 Å². The lowest BCUT2D eigenvalue weighted by atomic mass is 10.0. The number of nitrogens with two attached hydrogens (primary N) is 1. The first-order valence-electron chi connectivity index (χ1n) is 5.36. The Morgan fingerprint density at radius 3 is 2.53 bits per heavy atom. The molecule has 0 aliphatic heterocycles. The van der Waals surface area contributed by atoms with Gasteiger partial charge in [0.1, 0.15) is 0 Å². The number of benzene rings is 2. The molecule has 0 heterocycles.